The van der Waals surface area contributed by atoms with Gasteiger partial charge >= 0.3 is 0 Å². The molecule has 2 rings (SSSR count). The molecule has 3 heteroatoms. The lowest BCUT2D eigenvalue weighted by Gasteiger charge is -2.26. The van der Waals surface area contributed by atoms with Crippen molar-refractivity contribution in [1.82, 2.24) is 0 Å². The van der Waals surface area contributed by atoms with Gasteiger partial charge in [-0.25, -0.2) is 0 Å². The lowest BCUT2D eigenvalue weighted by Crippen LogP contribution is -2.23. The van der Waals surface area contributed by atoms with Gasteiger partial charge in [0.1, 0.15) is 0 Å². The first-order valence-electron chi connectivity index (χ1n) is 6.34. The second-order valence-electron chi connectivity index (χ2n) is 5.21. The minimum Gasteiger partial charge on any atom is -0.399 e. The first-order chi connectivity index (χ1) is 8.08. The lowest BCUT2D eigenvalue weighted by molar-refractivity contribution is 0.389. The first-order valence-corrected chi connectivity index (χ1v) is 7.56. The van der Waals surface area contributed by atoms with Gasteiger partial charge in [0.15, 0.2) is 0 Å². The van der Waals surface area contributed by atoms with Crippen molar-refractivity contribution in [2.45, 2.75) is 49.7 Å². The fourth-order valence-corrected chi connectivity index (χ4v) is 4.30. The van der Waals surface area contributed by atoms with Gasteiger partial charge in [-0.3, -0.25) is 4.21 Å². The van der Waals surface area contributed by atoms with Crippen molar-refractivity contribution < 1.29 is 4.21 Å². The number of anilines is 1. The summed E-state index contributed by atoms with van der Waals surface area (Å²) in [5.41, 5.74) is 7.60. The molecule has 0 radical (unpaired) electrons. The Labute approximate surface area is 106 Å². The molecule has 0 aliphatic heterocycles. The second-order valence-corrected chi connectivity index (χ2v) is 6.94. The topological polar surface area (TPSA) is 43.1 Å². The van der Waals surface area contributed by atoms with E-state index in [2.05, 4.69) is 6.92 Å². The van der Waals surface area contributed by atoms with Crippen molar-refractivity contribution in [2.75, 3.05) is 5.73 Å². The number of nitrogens with two attached hydrogens (primary N) is 1. The maximum atomic E-state index is 12.5. The summed E-state index contributed by atoms with van der Waals surface area (Å²) in [6, 6.07) is 5.76. The Morgan fingerprint density at radius 2 is 2.12 bits per heavy atom. The SMILES string of the molecule is Cc1cc(S(=O)C2CCCC(C)C2)ccc1N. The van der Waals surface area contributed by atoms with E-state index in [4.69, 9.17) is 5.73 Å². The van der Waals surface area contributed by atoms with Gasteiger partial charge < -0.3 is 5.73 Å². The van der Waals surface area contributed by atoms with E-state index >= 15 is 0 Å². The Morgan fingerprint density at radius 3 is 2.76 bits per heavy atom. The molecule has 1 aliphatic rings. The second kappa shape index (κ2) is 5.21. The Bertz CT molecular complexity index is 430. The van der Waals surface area contributed by atoms with E-state index < -0.39 is 10.8 Å². The zero-order valence-electron chi connectivity index (χ0n) is 10.6. The summed E-state index contributed by atoms with van der Waals surface area (Å²) in [5, 5.41) is 0.335. The van der Waals surface area contributed by atoms with E-state index in [0.717, 1.165) is 29.0 Å². The fraction of sp³-hybridized carbons (Fsp3) is 0.571. The molecule has 0 heterocycles. The highest BCUT2D eigenvalue weighted by atomic mass is 32.2. The molecule has 2 N–H and O–H groups in total. The fourth-order valence-electron chi connectivity index (χ4n) is 2.54. The van der Waals surface area contributed by atoms with Crippen LogP contribution in [0.15, 0.2) is 23.1 Å². The number of aryl methyl sites for hydroxylation is 1. The molecule has 2 nitrogen and oxygen atoms in total. The highest BCUT2D eigenvalue weighted by molar-refractivity contribution is 7.85. The van der Waals surface area contributed by atoms with E-state index in [1.807, 2.05) is 25.1 Å². The van der Waals surface area contributed by atoms with Crippen molar-refractivity contribution in [3.05, 3.63) is 23.8 Å². The standard InChI is InChI=1S/C14H21NOS/c1-10-4-3-5-12(8-10)17(16)13-6-7-14(15)11(2)9-13/h6-7,9-10,12H,3-5,8,15H2,1-2H3. The molecule has 0 spiro atoms. The zero-order valence-corrected chi connectivity index (χ0v) is 11.4. The summed E-state index contributed by atoms with van der Waals surface area (Å²) in [6.45, 7) is 4.23. The van der Waals surface area contributed by atoms with Gasteiger partial charge in [0.25, 0.3) is 0 Å². The number of hydrogen-bond donors (Lipinski definition) is 1. The molecule has 94 valence electrons. The van der Waals surface area contributed by atoms with Gasteiger partial charge in [0.2, 0.25) is 0 Å². The lowest BCUT2D eigenvalue weighted by atomic mass is 9.91. The summed E-state index contributed by atoms with van der Waals surface area (Å²) in [7, 11) is -0.865. The summed E-state index contributed by atoms with van der Waals surface area (Å²) in [4.78, 5) is 0.941. The Kier molecular flexibility index (Phi) is 3.87. The minimum atomic E-state index is -0.865. The van der Waals surface area contributed by atoms with Crippen molar-refractivity contribution in [3.8, 4) is 0 Å². The zero-order chi connectivity index (χ0) is 12.4. The smallest absolute Gasteiger partial charge is 0.0561 e. The molecule has 1 saturated carbocycles. The average molecular weight is 251 g/mol. The maximum Gasteiger partial charge on any atom is 0.0561 e. The molecule has 0 saturated heterocycles. The minimum absolute atomic E-state index is 0.335. The van der Waals surface area contributed by atoms with E-state index in [-0.39, 0.29) is 0 Å². The van der Waals surface area contributed by atoms with Crippen LogP contribution >= 0.6 is 0 Å². The molecular weight excluding hydrogens is 230 g/mol. The maximum absolute atomic E-state index is 12.5. The highest BCUT2D eigenvalue weighted by Crippen LogP contribution is 2.30. The van der Waals surface area contributed by atoms with Crippen molar-refractivity contribution in [1.29, 1.82) is 0 Å². The molecule has 1 fully saturated rings. The van der Waals surface area contributed by atoms with E-state index in [0.29, 0.717) is 11.2 Å². The van der Waals surface area contributed by atoms with Crippen LogP contribution in [-0.2, 0) is 10.8 Å². The average Bonchev–Trinajstić information content (AvgIpc) is 2.32. The van der Waals surface area contributed by atoms with Crippen molar-refractivity contribution >= 4 is 16.5 Å². The molecule has 17 heavy (non-hydrogen) atoms. The third-order valence-electron chi connectivity index (χ3n) is 3.66. The molecule has 1 aromatic carbocycles. The summed E-state index contributed by atoms with van der Waals surface area (Å²) >= 11 is 0. The van der Waals surface area contributed by atoms with Gasteiger partial charge in [-0.2, -0.15) is 0 Å². The van der Waals surface area contributed by atoms with Crippen LogP contribution in [0, 0.1) is 12.8 Å². The quantitative estimate of drug-likeness (QED) is 0.820. The molecule has 3 unspecified atom stereocenters. The van der Waals surface area contributed by atoms with Gasteiger partial charge in [0, 0.05) is 15.8 Å². The molecule has 3 atom stereocenters. The van der Waals surface area contributed by atoms with Crippen LogP contribution < -0.4 is 5.73 Å². The predicted octanol–water partition coefficient (Wildman–Crippen LogP) is 3.26. The van der Waals surface area contributed by atoms with E-state index in [1.165, 1.54) is 12.8 Å². The first kappa shape index (κ1) is 12.6. The number of hydrogen-bond acceptors (Lipinski definition) is 2. The normalized spacial score (nSPS) is 26.7. The molecule has 1 aromatic rings. The predicted molar refractivity (Wildman–Crippen MR) is 73.4 cm³/mol. The molecule has 0 bridgehead atoms. The number of nitrogen functional groups attached to an aromatic ring is 1. The third kappa shape index (κ3) is 2.89. The van der Waals surface area contributed by atoms with Crippen LogP contribution in [-0.4, -0.2) is 9.46 Å². The summed E-state index contributed by atoms with van der Waals surface area (Å²) in [6.07, 6.45) is 4.69. The third-order valence-corrected chi connectivity index (χ3v) is 5.42. The van der Waals surface area contributed by atoms with Crippen LogP contribution in [0.5, 0.6) is 0 Å². The summed E-state index contributed by atoms with van der Waals surface area (Å²) in [5.74, 6) is 0.715. The van der Waals surface area contributed by atoms with Crippen LogP contribution in [0.25, 0.3) is 0 Å². The van der Waals surface area contributed by atoms with Gasteiger partial charge in [-0.05, 0) is 49.4 Å². The Hall–Kier alpha value is -0.830. The Balaban J connectivity index is 2.15. The van der Waals surface area contributed by atoms with Crippen LogP contribution in [0.3, 0.4) is 0 Å². The Morgan fingerprint density at radius 1 is 1.35 bits per heavy atom. The van der Waals surface area contributed by atoms with Crippen LogP contribution in [0.4, 0.5) is 5.69 Å². The number of rotatable bonds is 2. The largest absolute Gasteiger partial charge is 0.399 e. The number of benzene rings is 1. The monoisotopic (exact) mass is 251 g/mol. The highest BCUT2D eigenvalue weighted by Gasteiger charge is 2.24. The molecule has 0 amide bonds. The van der Waals surface area contributed by atoms with Gasteiger partial charge in [0.05, 0.1) is 10.8 Å². The molecular formula is C14H21NOS. The van der Waals surface area contributed by atoms with Crippen molar-refractivity contribution in [2.24, 2.45) is 5.92 Å². The van der Waals surface area contributed by atoms with Gasteiger partial charge in [-0.15, -0.1) is 0 Å². The summed E-state index contributed by atoms with van der Waals surface area (Å²) < 4.78 is 12.5. The van der Waals surface area contributed by atoms with Crippen LogP contribution in [0.2, 0.25) is 0 Å². The van der Waals surface area contributed by atoms with Gasteiger partial charge in [-0.1, -0.05) is 19.8 Å². The van der Waals surface area contributed by atoms with Crippen LogP contribution in [0.1, 0.15) is 38.2 Å². The molecule has 0 aromatic heterocycles. The van der Waals surface area contributed by atoms with Crippen molar-refractivity contribution in [3.63, 3.8) is 0 Å². The van der Waals surface area contributed by atoms with E-state index in [1.54, 1.807) is 0 Å². The molecule has 1 aliphatic carbocycles. The van der Waals surface area contributed by atoms with E-state index in [9.17, 15) is 4.21 Å².